The number of anilines is 1. The molecule has 2 aromatic carbocycles. The summed E-state index contributed by atoms with van der Waals surface area (Å²) in [4.78, 5) is 6.63. The van der Waals surface area contributed by atoms with Crippen LogP contribution in [0.3, 0.4) is 0 Å². The van der Waals surface area contributed by atoms with Gasteiger partial charge in [-0.3, -0.25) is 4.98 Å². The van der Waals surface area contributed by atoms with Gasteiger partial charge in [-0.25, -0.2) is 4.39 Å². The summed E-state index contributed by atoms with van der Waals surface area (Å²) in [5.74, 6) is -0.456. The topological polar surface area (TPSA) is 33.1 Å². The Morgan fingerprint density at radius 3 is 2.44 bits per heavy atom. The van der Waals surface area contributed by atoms with Gasteiger partial charge in [0.05, 0.1) is 16.8 Å². The smallest absolute Gasteiger partial charge is 0.174 e. The summed E-state index contributed by atoms with van der Waals surface area (Å²) in [5.41, 5.74) is 3.47. The van der Waals surface area contributed by atoms with Crippen LogP contribution in [0.15, 0.2) is 85.2 Å². The first kappa shape index (κ1) is 20.9. The fourth-order valence-electron chi connectivity index (χ4n) is 4.04. The van der Waals surface area contributed by atoms with Gasteiger partial charge in [-0.05, 0) is 78.9 Å². The zero-order chi connectivity index (χ0) is 22.2. The van der Waals surface area contributed by atoms with Crippen LogP contribution in [0.2, 0.25) is 10.0 Å². The maximum Gasteiger partial charge on any atom is 0.174 e. The molecular formula is C24H17Cl2FN4S. The Hall–Kier alpha value is -2.93. The number of nitrogens with zero attached hydrogens (tertiary/aromatic N) is 3. The summed E-state index contributed by atoms with van der Waals surface area (Å²) in [7, 11) is 0. The highest BCUT2D eigenvalue weighted by Crippen LogP contribution is 2.42. The molecule has 4 nitrogen and oxygen atoms in total. The van der Waals surface area contributed by atoms with Gasteiger partial charge in [-0.2, -0.15) is 0 Å². The highest BCUT2D eigenvalue weighted by molar-refractivity contribution is 7.80. The monoisotopic (exact) mass is 482 g/mol. The van der Waals surface area contributed by atoms with Crippen molar-refractivity contribution in [2.24, 2.45) is 0 Å². The molecule has 2 atom stereocenters. The number of hydrogen-bond acceptors (Lipinski definition) is 2. The third-order valence-corrected chi connectivity index (χ3v) is 6.32. The summed E-state index contributed by atoms with van der Waals surface area (Å²) in [5, 5.41) is 4.73. The number of aromatic nitrogens is 2. The average molecular weight is 483 g/mol. The molecular weight excluding hydrogens is 466 g/mol. The number of benzene rings is 2. The molecule has 3 heterocycles. The molecule has 1 saturated heterocycles. The van der Waals surface area contributed by atoms with Crippen LogP contribution in [0.4, 0.5) is 10.1 Å². The maximum absolute atomic E-state index is 13.8. The van der Waals surface area contributed by atoms with Gasteiger partial charge < -0.3 is 14.8 Å². The number of hydrogen-bond donors (Lipinski definition) is 1. The van der Waals surface area contributed by atoms with E-state index >= 15 is 0 Å². The largest absolute Gasteiger partial charge is 0.351 e. The molecule has 1 aliphatic heterocycles. The van der Waals surface area contributed by atoms with Crippen molar-refractivity contribution < 1.29 is 4.39 Å². The molecule has 1 N–H and O–H groups in total. The van der Waals surface area contributed by atoms with Gasteiger partial charge in [0, 0.05) is 34.5 Å². The Kier molecular flexibility index (Phi) is 5.59. The lowest BCUT2D eigenvalue weighted by molar-refractivity contribution is 0.549. The van der Waals surface area contributed by atoms with E-state index in [-0.39, 0.29) is 17.1 Å². The fourth-order valence-corrected chi connectivity index (χ4v) is 4.69. The highest BCUT2D eigenvalue weighted by Gasteiger charge is 2.42. The summed E-state index contributed by atoms with van der Waals surface area (Å²) >= 11 is 18.0. The van der Waals surface area contributed by atoms with Gasteiger partial charge in [0.1, 0.15) is 11.9 Å². The molecule has 1 aliphatic rings. The van der Waals surface area contributed by atoms with Crippen LogP contribution in [-0.2, 0) is 0 Å². The highest BCUT2D eigenvalue weighted by atomic mass is 35.5. The average Bonchev–Trinajstić information content (AvgIpc) is 3.41. The zero-order valence-electron chi connectivity index (χ0n) is 16.6. The van der Waals surface area contributed by atoms with Crippen LogP contribution in [-0.4, -0.2) is 14.7 Å². The summed E-state index contributed by atoms with van der Waals surface area (Å²) < 4.78 is 15.8. The van der Waals surface area contributed by atoms with E-state index in [1.165, 1.54) is 6.07 Å². The second-order valence-corrected chi connectivity index (χ2v) is 8.60. The Morgan fingerprint density at radius 1 is 0.938 bits per heavy atom. The number of rotatable bonds is 4. The zero-order valence-corrected chi connectivity index (χ0v) is 18.9. The van der Waals surface area contributed by atoms with E-state index in [2.05, 4.69) is 15.2 Å². The van der Waals surface area contributed by atoms with Crippen LogP contribution in [0.1, 0.15) is 23.5 Å². The van der Waals surface area contributed by atoms with Gasteiger partial charge in [0.25, 0.3) is 0 Å². The molecule has 0 radical (unpaired) electrons. The predicted octanol–water partition coefficient (Wildman–Crippen LogP) is 6.50. The van der Waals surface area contributed by atoms with Crippen LogP contribution < -0.4 is 10.2 Å². The van der Waals surface area contributed by atoms with Gasteiger partial charge in [-0.1, -0.05) is 29.3 Å². The van der Waals surface area contributed by atoms with Crippen molar-refractivity contribution >= 4 is 46.2 Å². The minimum atomic E-state index is -0.456. The van der Waals surface area contributed by atoms with Crippen LogP contribution >= 0.6 is 35.4 Å². The van der Waals surface area contributed by atoms with Gasteiger partial charge >= 0.3 is 0 Å². The lowest BCUT2D eigenvalue weighted by Crippen LogP contribution is -2.30. The van der Waals surface area contributed by atoms with Gasteiger partial charge in [0.2, 0.25) is 0 Å². The maximum atomic E-state index is 13.8. The molecule has 0 amide bonds. The van der Waals surface area contributed by atoms with Gasteiger partial charge in [0.15, 0.2) is 5.11 Å². The first-order chi connectivity index (χ1) is 15.5. The molecule has 0 unspecified atom stereocenters. The minimum absolute atomic E-state index is 0.0676. The van der Waals surface area contributed by atoms with Crippen LogP contribution in [0.5, 0.6) is 0 Å². The summed E-state index contributed by atoms with van der Waals surface area (Å²) in [6.07, 6.45) is 3.69. The Morgan fingerprint density at radius 2 is 1.72 bits per heavy atom. The van der Waals surface area contributed by atoms with E-state index in [1.807, 2.05) is 65.4 Å². The first-order valence-electron chi connectivity index (χ1n) is 9.92. The summed E-state index contributed by atoms with van der Waals surface area (Å²) in [6, 6.07) is 21.6. The fraction of sp³-hybridized carbons (Fsp3) is 0.0833. The van der Waals surface area contributed by atoms with Crippen LogP contribution in [0, 0.1) is 5.82 Å². The molecule has 0 aliphatic carbocycles. The predicted molar refractivity (Wildman–Crippen MR) is 130 cm³/mol. The second kappa shape index (κ2) is 8.54. The summed E-state index contributed by atoms with van der Waals surface area (Å²) in [6.45, 7) is 0. The normalized spacial score (nSPS) is 18.1. The first-order valence-corrected chi connectivity index (χ1v) is 11.1. The van der Waals surface area contributed by atoms with E-state index in [4.69, 9.17) is 35.4 Å². The Balaban J connectivity index is 1.67. The van der Waals surface area contributed by atoms with Crippen molar-refractivity contribution in [3.8, 4) is 5.69 Å². The van der Waals surface area contributed by atoms with Crippen molar-refractivity contribution in [3.63, 3.8) is 0 Å². The van der Waals surface area contributed by atoms with Crippen molar-refractivity contribution in [2.75, 3.05) is 4.90 Å². The van der Waals surface area contributed by atoms with E-state index in [9.17, 15) is 4.39 Å². The molecule has 160 valence electrons. The molecule has 0 spiro atoms. The van der Waals surface area contributed by atoms with Crippen molar-refractivity contribution in [1.82, 2.24) is 14.9 Å². The van der Waals surface area contributed by atoms with E-state index in [0.29, 0.717) is 10.1 Å². The lowest BCUT2D eigenvalue weighted by Gasteiger charge is -2.29. The Bertz CT molecular complexity index is 1280. The SMILES string of the molecule is Fc1ccc(-n2cccc2[C@H]2[C@H](c3ccccn3)NC(=S)N2c2ccc(Cl)cc2)cc1Cl. The number of nitrogens with one attached hydrogen (secondary N) is 1. The van der Waals surface area contributed by atoms with Crippen molar-refractivity contribution in [1.29, 1.82) is 0 Å². The third kappa shape index (κ3) is 3.75. The number of halogens is 3. The minimum Gasteiger partial charge on any atom is -0.351 e. The molecule has 0 bridgehead atoms. The molecule has 8 heteroatoms. The quantitative estimate of drug-likeness (QED) is 0.336. The molecule has 4 aromatic rings. The second-order valence-electron chi connectivity index (χ2n) is 7.37. The van der Waals surface area contributed by atoms with E-state index in [1.54, 1.807) is 18.3 Å². The Labute approximate surface area is 200 Å². The molecule has 0 saturated carbocycles. The van der Waals surface area contributed by atoms with E-state index < -0.39 is 5.82 Å². The van der Waals surface area contributed by atoms with Crippen molar-refractivity contribution in [3.05, 3.63) is 112 Å². The van der Waals surface area contributed by atoms with E-state index in [0.717, 1.165) is 22.8 Å². The third-order valence-electron chi connectivity index (χ3n) is 5.47. The number of pyridine rings is 1. The number of thiocarbonyl (C=S) groups is 1. The molecule has 1 fully saturated rings. The van der Waals surface area contributed by atoms with Crippen molar-refractivity contribution in [2.45, 2.75) is 12.1 Å². The standard InChI is InChI=1S/C24H17Cl2FN4S/c25-15-6-8-16(9-7-15)31-23(22(29-24(31)32)20-4-1-2-12-28-20)21-5-3-13-30(21)17-10-11-19(27)18(26)14-17/h1-14,22-23H,(H,29,32)/t22-,23-/m0/s1. The lowest BCUT2D eigenvalue weighted by atomic mass is 10.0. The molecule has 32 heavy (non-hydrogen) atoms. The van der Waals surface area contributed by atoms with Crippen LogP contribution in [0.25, 0.3) is 5.69 Å². The molecule has 2 aromatic heterocycles. The van der Waals surface area contributed by atoms with Gasteiger partial charge in [-0.15, -0.1) is 0 Å². The molecule has 5 rings (SSSR count).